The summed E-state index contributed by atoms with van der Waals surface area (Å²) in [6, 6.07) is 1.85. The highest BCUT2D eigenvalue weighted by Crippen LogP contribution is 2.16. The van der Waals surface area contributed by atoms with Crippen molar-refractivity contribution in [3.05, 3.63) is 35.9 Å². The molecule has 0 radical (unpaired) electrons. The number of nitrogen functional groups attached to an aromatic ring is 1. The van der Waals surface area contributed by atoms with Gasteiger partial charge in [0.2, 0.25) is 0 Å². The van der Waals surface area contributed by atoms with E-state index in [2.05, 4.69) is 14.8 Å². The maximum Gasteiger partial charge on any atom is 0.360 e. The predicted molar refractivity (Wildman–Crippen MR) is 61.8 cm³/mol. The Bertz CT molecular complexity index is 562. The van der Waals surface area contributed by atoms with Crippen LogP contribution in [0, 0.1) is 6.92 Å². The Morgan fingerprint density at radius 2 is 2.29 bits per heavy atom. The molecule has 2 aromatic heterocycles. The molecule has 0 spiro atoms. The molecule has 6 heteroatoms. The van der Waals surface area contributed by atoms with Crippen molar-refractivity contribution in [1.82, 2.24) is 14.8 Å². The summed E-state index contributed by atoms with van der Waals surface area (Å²) in [5, 5.41) is 4.09. The van der Waals surface area contributed by atoms with Gasteiger partial charge < -0.3 is 10.5 Å². The maximum absolute atomic E-state index is 11.4. The van der Waals surface area contributed by atoms with E-state index in [1.54, 1.807) is 18.6 Å². The number of carbonyl (C=O) groups is 1. The molecule has 0 aliphatic carbocycles. The van der Waals surface area contributed by atoms with Gasteiger partial charge >= 0.3 is 5.97 Å². The van der Waals surface area contributed by atoms with Crippen LogP contribution in [0.2, 0.25) is 0 Å². The molecule has 0 saturated heterocycles. The number of nitrogens with zero attached hydrogens (tertiary/aromatic N) is 3. The van der Waals surface area contributed by atoms with Gasteiger partial charge in [-0.3, -0.25) is 4.98 Å². The fourth-order valence-corrected chi connectivity index (χ4v) is 1.46. The number of nitrogens with two attached hydrogens (primary N) is 1. The lowest BCUT2D eigenvalue weighted by Crippen LogP contribution is -2.06. The molecule has 2 heterocycles. The first kappa shape index (κ1) is 11.1. The fourth-order valence-electron chi connectivity index (χ4n) is 1.46. The van der Waals surface area contributed by atoms with E-state index < -0.39 is 5.97 Å². The van der Waals surface area contributed by atoms with E-state index in [4.69, 9.17) is 5.73 Å². The highest BCUT2D eigenvalue weighted by atomic mass is 16.5. The highest BCUT2D eigenvalue weighted by molar-refractivity contribution is 5.92. The van der Waals surface area contributed by atoms with E-state index >= 15 is 0 Å². The van der Waals surface area contributed by atoms with Crippen molar-refractivity contribution in [2.45, 2.75) is 6.92 Å². The van der Waals surface area contributed by atoms with E-state index in [9.17, 15) is 4.79 Å². The van der Waals surface area contributed by atoms with Gasteiger partial charge in [-0.05, 0) is 18.6 Å². The van der Waals surface area contributed by atoms with Gasteiger partial charge in [-0.2, -0.15) is 5.10 Å². The van der Waals surface area contributed by atoms with Crippen molar-refractivity contribution in [2.24, 2.45) is 0 Å². The zero-order chi connectivity index (χ0) is 12.4. The molecule has 17 heavy (non-hydrogen) atoms. The molecule has 0 saturated carbocycles. The van der Waals surface area contributed by atoms with Gasteiger partial charge in [0, 0.05) is 6.20 Å². The van der Waals surface area contributed by atoms with Crippen LogP contribution < -0.4 is 5.73 Å². The summed E-state index contributed by atoms with van der Waals surface area (Å²) in [7, 11) is 1.29. The van der Waals surface area contributed by atoms with Crippen molar-refractivity contribution in [2.75, 3.05) is 12.8 Å². The standard InChI is InChI=1S/C11H12N4O2/c1-7-3-4-13-5-9(7)15-6-8(12)10(14-15)11(16)17-2/h3-6H,12H2,1-2H3. The molecule has 0 amide bonds. The van der Waals surface area contributed by atoms with Crippen LogP contribution in [0.25, 0.3) is 5.69 Å². The highest BCUT2D eigenvalue weighted by Gasteiger charge is 2.16. The zero-order valence-electron chi connectivity index (χ0n) is 9.54. The number of hydrogen-bond acceptors (Lipinski definition) is 5. The molecule has 0 aromatic carbocycles. The van der Waals surface area contributed by atoms with Crippen molar-refractivity contribution in [1.29, 1.82) is 0 Å². The average Bonchev–Trinajstić information content (AvgIpc) is 2.71. The summed E-state index contributed by atoms with van der Waals surface area (Å²) in [4.78, 5) is 15.4. The molecule has 0 bridgehead atoms. The van der Waals surface area contributed by atoms with Crippen LogP contribution in [0.3, 0.4) is 0 Å². The molecular weight excluding hydrogens is 220 g/mol. The monoisotopic (exact) mass is 232 g/mol. The minimum Gasteiger partial charge on any atom is -0.464 e. The number of pyridine rings is 1. The molecule has 6 nitrogen and oxygen atoms in total. The molecule has 0 aliphatic rings. The van der Waals surface area contributed by atoms with Crippen molar-refractivity contribution in [3.63, 3.8) is 0 Å². The first-order valence-electron chi connectivity index (χ1n) is 4.98. The maximum atomic E-state index is 11.4. The van der Waals surface area contributed by atoms with Gasteiger partial charge in [0.15, 0.2) is 5.69 Å². The lowest BCUT2D eigenvalue weighted by molar-refractivity contribution is 0.0594. The van der Waals surface area contributed by atoms with E-state index in [0.717, 1.165) is 11.3 Å². The number of aryl methyl sites for hydroxylation is 1. The Labute approximate surface area is 98.0 Å². The van der Waals surface area contributed by atoms with E-state index in [1.807, 2.05) is 13.0 Å². The summed E-state index contributed by atoms with van der Waals surface area (Å²) in [5.74, 6) is -0.553. The summed E-state index contributed by atoms with van der Waals surface area (Å²) in [5.41, 5.74) is 7.84. The predicted octanol–water partition coefficient (Wildman–Crippen LogP) is 0.945. The molecule has 0 atom stereocenters. The molecule has 0 fully saturated rings. The number of carbonyl (C=O) groups excluding carboxylic acids is 1. The molecule has 0 unspecified atom stereocenters. The number of anilines is 1. The SMILES string of the molecule is COC(=O)c1nn(-c2cnccc2C)cc1N. The quantitative estimate of drug-likeness (QED) is 0.779. The Balaban J connectivity index is 2.49. The van der Waals surface area contributed by atoms with Crippen LogP contribution in [0.4, 0.5) is 5.69 Å². The summed E-state index contributed by atoms with van der Waals surface area (Å²) in [6.07, 6.45) is 4.91. The number of hydrogen-bond donors (Lipinski definition) is 1. The van der Waals surface area contributed by atoms with Crippen LogP contribution in [-0.2, 0) is 4.74 Å². The minimum absolute atomic E-state index is 0.107. The number of aromatic nitrogens is 3. The molecule has 2 N–H and O–H groups in total. The van der Waals surface area contributed by atoms with Crippen LogP contribution in [0.1, 0.15) is 16.1 Å². The number of methoxy groups -OCH3 is 1. The van der Waals surface area contributed by atoms with Crippen LogP contribution >= 0.6 is 0 Å². The Morgan fingerprint density at radius 3 is 2.94 bits per heavy atom. The van der Waals surface area contributed by atoms with Gasteiger partial charge in [-0.1, -0.05) is 0 Å². The number of rotatable bonds is 2. The van der Waals surface area contributed by atoms with Crippen molar-refractivity contribution < 1.29 is 9.53 Å². The van der Waals surface area contributed by atoms with E-state index in [1.165, 1.54) is 11.8 Å². The topological polar surface area (TPSA) is 83.0 Å². The van der Waals surface area contributed by atoms with Crippen LogP contribution in [-0.4, -0.2) is 27.8 Å². The molecule has 2 rings (SSSR count). The second-order valence-electron chi connectivity index (χ2n) is 3.53. The Kier molecular flexibility index (Phi) is 2.78. The Morgan fingerprint density at radius 1 is 1.53 bits per heavy atom. The van der Waals surface area contributed by atoms with E-state index in [-0.39, 0.29) is 11.4 Å². The van der Waals surface area contributed by atoms with Crippen LogP contribution in [0.5, 0.6) is 0 Å². The second kappa shape index (κ2) is 4.25. The zero-order valence-corrected chi connectivity index (χ0v) is 9.54. The third-order valence-electron chi connectivity index (χ3n) is 2.38. The lowest BCUT2D eigenvalue weighted by atomic mass is 10.2. The Hall–Kier alpha value is -2.37. The van der Waals surface area contributed by atoms with Gasteiger partial charge in [0.05, 0.1) is 30.9 Å². The van der Waals surface area contributed by atoms with Crippen LogP contribution in [0.15, 0.2) is 24.7 Å². The third-order valence-corrected chi connectivity index (χ3v) is 2.38. The number of ether oxygens (including phenoxy) is 1. The summed E-state index contributed by atoms with van der Waals surface area (Å²) >= 11 is 0. The largest absolute Gasteiger partial charge is 0.464 e. The molecular formula is C11H12N4O2. The van der Waals surface area contributed by atoms with E-state index in [0.29, 0.717) is 0 Å². The van der Waals surface area contributed by atoms with Crippen molar-refractivity contribution >= 4 is 11.7 Å². The second-order valence-corrected chi connectivity index (χ2v) is 3.53. The third kappa shape index (κ3) is 1.96. The van der Waals surface area contributed by atoms with Gasteiger partial charge in [0.25, 0.3) is 0 Å². The smallest absolute Gasteiger partial charge is 0.360 e. The minimum atomic E-state index is -0.553. The molecule has 2 aromatic rings. The lowest BCUT2D eigenvalue weighted by Gasteiger charge is -2.03. The first-order chi connectivity index (χ1) is 8.13. The normalized spacial score (nSPS) is 10.2. The van der Waals surface area contributed by atoms with Crippen molar-refractivity contribution in [3.8, 4) is 5.69 Å². The fraction of sp³-hybridized carbons (Fsp3) is 0.182. The summed E-state index contributed by atoms with van der Waals surface area (Å²) in [6.45, 7) is 1.92. The molecule has 88 valence electrons. The summed E-state index contributed by atoms with van der Waals surface area (Å²) < 4.78 is 6.10. The van der Waals surface area contributed by atoms with Gasteiger partial charge in [-0.15, -0.1) is 0 Å². The average molecular weight is 232 g/mol. The van der Waals surface area contributed by atoms with Gasteiger partial charge in [-0.25, -0.2) is 9.48 Å². The number of esters is 1. The molecule has 0 aliphatic heterocycles. The first-order valence-corrected chi connectivity index (χ1v) is 4.98. The van der Waals surface area contributed by atoms with Gasteiger partial charge in [0.1, 0.15) is 0 Å².